The summed E-state index contributed by atoms with van der Waals surface area (Å²) in [6.45, 7) is 11.9. The lowest BCUT2D eigenvalue weighted by molar-refractivity contribution is 0.0923. The molecule has 30 heavy (non-hydrogen) atoms. The second-order valence-corrected chi connectivity index (χ2v) is 16.2. The maximum Gasteiger partial charge on any atom is 0.268 e. The number of benzene rings is 1. The number of aromatic nitrogens is 1. The van der Waals surface area contributed by atoms with E-state index < -0.39 is 8.32 Å². The predicted octanol–water partition coefficient (Wildman–Crippen LogP) is 6.34. The molecule has 2 heterocycles. The van der Waals surface area contributed by atoms with Crippen molar-refractivity contribution in [3.8, 4) is 0 Å². The third-order valence-electron chi connectivity index (χ3n) is 6.65. The standard InChI is InChI=1S/C23H29ClN2O2SSi/c1-23(2,3)30(4,5)28-13-17-16-9-7-6-8-14(16)10-18(17)25-21(27)19-11-15-12-20(24)29-22(15)26-19/h6-9,11-12,17-18,26H,10,13H2,1-5H3,(H,25,27)/t17-,18-/m1/s1. The summed E-state index contributed by atoms with van der Waals surface area (Å²) in [6.07, 6.45) is 0.828. The highest BCUT2D eigenvalue weighted by atomic mass is 35.5. The second-order valence-electron chi connectivity index (χ2n) is 9.68. The van der Waals surface area contributed by atoms with E-state index in [1.807, 2.05) is 12.1 Å². The van der Waals surface area contributed by atoms with Gasteiger partial charge in [-0.1, -0.05) is 56.6 Å². The van der Waals surface area contributed by atoms with E-state index in [0.29, 0.717) is 12.3 Å². The maximum absolute atomic E-state index is 13.0. The van der Waals surface area contributed by atoms with Crippen LogP contribution >= 0.6 is 22.9 Å². The first-order chi connectivity index (χ1) is 14.0. The molecule has 0 fully saturated rings. The number of fused-ring (bicyclic) bond motifs is 2. The molecule has 160 valence electrons. The van der Waals surface area contributed by atoms with Crippen LogP contribution in [0.25, 0.3) is 10.2 Å². The van der Waals surface area contributed by atoms with Crippen LogP contribution in [0.15, 0.2) is 36.4 Å². The molecule has 0 unspecified atom stereocenters. The van der Waals surface area contributed by atoms with Gasteiger partial charge in [-0.25, -0.2) is 0 Å². The number of carbonyl (C=O) groups is 1. The number of hydrogen-bond acceptors (Lipinski definition) is 3. The second kappa shape index (κ2) is 7.82. The molecule has 2 aromatic heterocycles. The molecule has 2 N–H and O–H groups in total. The quantitative estimate of drug-likeness (QED) is 0.436. The Morgan fingerprint density at radius 2 is 2.03 bits per heavy atom. The lowest BCUT2D eigenvalue weighted by Crippen LogP contribution is -2.44. The SMILES string of the molecule is CC(C)(C)[Si](C)(C)OC[C@@H]1c2ccccc2C[C@H]1NC(=O)c1cc2cc(Cl)sc2[nH]1. The van der Waals surface area contributed by atoms with Gasteiger partial charge >= 0.3 is 0 Å². The van der Waals surface area contributed by atoms with Crippen LogP contribution in [0.4, 0.5) is 0 Å². The molecule has 1 aliphatic carbocycles. The summed E-state index contributed by atoms with van der Waals surface area (Å²) in [4.78, 5) is 17.1. The Kier molecular flexibility index (Phi) is 5.64. The Hall–Kier alpha value is -1.60. The van der Waals surface area contributed by atoms with Crippen LogP contribution in [0.2, 0.25) is 22.5 Å². The molecule has 1 aliphatic rings. The van der Waals surface area contributed by atoms with Gasteiger partial charge in [0.15, 0.2) is 8.32 Å². The van der Waals surface area contributed by atoms with E-state index in [4.69, 9.17) is 16.0 Å². The van der Waals surface area contributed by atoms with Gasteiger partial charge in [-0.3, -0.25) is 4.79 Å². The monoisotopic (exact) mass is 460 g/mol. The number of halogens is 1. The lowest BCUT2D eigenvalue weighted by Gasteiger charge is -2.37. The van der Waals surface area contributed by atoms with E-state index in [9.17, 15) is 4.79 Å². The highest BCUT2D eigenvalue weighted by molar-refractivity contribution is 7.22. The van der Waals surface area contributed by atoms with Gasteiger partial charge in [0.2, 0.25) is 0 Å². The smallest absolute Gasteiger partial charge is 0.268 e. The molecule has 4 nitrogen and oxygen atoms in total. The summed E-state index contributed by atoms with van der Waals surface area (Å²) >= 11 is 7.51. The fourth-order valence-electron chi connectivity index (χ4n) is 3.81. The molecule has 4 rings (SSSR count). The largest absolute Gasteiger partial charge is 0.416 e. The van der Waals surface area contributed by atoms with E-state index in [1.54, 1.807) is 0 Å². The van der Waals surface area contributed by atoms with Crippen molar-refractivity contribution in [1.82, 2.24) is 10.3 Å². The van der Waals surface area contributed by atoms with Crippen LogP contribution in [-0.4, -0.2) is 31.9 Å². The van der Waals surface area contributed by atoms with Crippen molar-refractivity contribution in [3.63, 3.8) is 0 Å². The zero-order valence-corrected chi connectivity index (χ0v) is 20.7. The average Bonchev–Trinajstić information content (AvgIpc) is 3.29. The molecule has 2 atom stereocenters. The van der Waals surface area contributed by atoms with Crippen molar-refractivity contribution in [2.24, 2.45) is 0 Å². The Morgan fingerprint density at radius 1 is 1.30 bits per heavy atom. The first-order valence-corrected chi connectivity index (χ1v) is 14.5. The minimum Gasteiger partial charge on any atom is -0.416 e. The van der Waals surface area contributed by atoms with Gasteiger partial charge in [-0.05, 0) is 47.8 Å². The van der Waals surface area contributed by atoms with E-state index in [2.05, 4.69) is 68.4 Å². The molecule has 1 amide bonds. The average molecular weight is 461 g/mol. The molecule has 0 saturated carbocycles. The van der Waals surface area contributed by atoms with Crippen molar-refractivity contribution in [2.75, 3.05) is 6.61 Å². The molecule has 1 aromatic carbocycles. The Labute approximate surface area is 188 Å². The number of nitrogens with one attached hydrogen (secondary N) is 2. The third-order valence-corrected chi connectivity index (χ3v) is 12.3. The lowest BCUT2D eigenvalue weighted by atomic mass is 9.99. The zero-order valence-electron chi connectivity index (χ0n) is 18.1. The van der Waals surface area contributed by atoms with Crippen LogP contribution in [0.3, 0.4) is 0 Å². The topological polar surface area (TPSA) is 54.1 Å². The molecular weight excluding hydrogens is 432 g/mol. The van der Waals surface area contributed by atoms with Crippen molar-refractivity contribution >= 4 is 47.4 Å². The number of thiophene rings is 1. The summed E-state index contributed by atoms with van der Waals surface area (Å²) in [5.41, 5.74) is 3.17. The number of rotatable bonds is 5. The minimum absolute atomic E-state index is 0.0181. The summed E-state index contributed by atoms with van der Waals surface area (Å²) in [6, 6.07) is 12.3. The van der Waals surface area contributed by atoms with Crippen molar-refractivity contribution < 1.29 is 9.22 Å². The molecular formula is C23H29ClN2O2SSi. The first kappa shape index (κ1) is 21.6. The molecule has 0 bridgehead atoms. The fourth-order valence-corrected chi connectivity index (χ4v) is 5.97. The van der Waals surface area contributed by atoms with Gasteiger partial charge in [-0.15, -0.1) is 11.3 Å². The van der Waals surface area contributed by atoms with Crippen molar-refractivity contribution in [1.29, 1.82) is 0 Å². The van der Waals surface area contributed by atoms with Crippen LogP contribution < -0.4 is 5.32 Å². The molecule has 3 aromatic rings. The number of hydrogen-bond donors (Lipinski definition) is 2. The van der Waals surface area contributed by atoms with Gasteiger partial charge in [-0.2, -0.15) is 0 Å². The van der Waals surface area contributed by atoms with Gasteiger partial charge in [0.05, 0.1) is 4.34 Å². The number of carbonyl (C=O) groups excluding carboxylic acids is 1. The third kappa shape index (κ3) is 4.11. The van der Waals surface area contributed by atoms with Crippen LogP contribution in [0.1, 0.15) is 48.3 Å². The zero-order chi connectivity index (χ0) is 21.7. The van der Waals surface area contributed by atoms with E-state index in [1.165, 1.54) is 22.5 Å². The normalized spacial score (nSPS) is 19.3. The van der Waals surface area contributed by atoms with Gasteiger partial charge < -0.3 is 14.7 Å². The predicted molar refractivity (Wildman–Crippen MR) is 128 cm³/mol. The van der Waals surface area contributed by atoms with E-state index in [-0.39, 0.29) is 22.9 Å². The van der Waals surface area contributed by atoms with Crippen molar-refractivity contribution in [3.05, 3.63) is 57.6 Å². The first-order valence-electron chi connectivity index (χ1n) is 10.4. The molecule has 7 heteroatoms. The number of aromatic amines is 1. The Morgan fingerprint density at radius 3 is 2.73 bits per heavy atom. The van der Waals surface area contributed by atoms with E-state index >= 15 is 0 Å². The van der Waals surface area contributed by atoms with Crippen molar-refractivity contribution in [2.45, 2.75) is 57.3 Å². The van der Waals surface area contributed by atoms with E-state index in [0.717, 1.165) is 21.0 Å². The summed E-state index contributed by atoms with van der Waals surface area (Å²) in [5, 5.41) is 4.40. The molecule has 0 radical (unpaired) electrons. The molecule has 0 spiro atoms. The fraction of sp³-hybridized carbons (Fsp3) is 0.435. The van der Waals surface area contributed by atoms with Gasteiger partial charge in [0.1, 0.15) is 10.5 Å². The summed E-state index contributed by atoms with van der Waals surface area (Å²) in [7, 11) is -1.88. The Balaban J connectivity index is 1.53. The summed E-state index contributed by atoms with van der Waals surface area (Å²) < 4.78 is 7.29. The number of H-pyrrole nitrogens is 1. The van der Waals surface area contributed by atoms with Gasteiger partial charge in [0.25, 0.3) is 5.91 Å². The number of amides is 1. The molecule has 0 saturated heterocycles. The summed E-state index contributed by atoms with van der Waals surface area (Å²) in [5.74, 6) is 0.0782. The van der Waals surface area contributed by atoms with Gasteiger partial charge in [0, 0.05) is 24.0 Å². The van der Waals surface area contributed by atoms with Crippen LogP contribution in [0.5, 0.6) is 0 Å². The highest BCUT2D eigenvalue weighted by Gasteiger charge is 2.40. The molecule has 0 aliphatic heterocycles. The highest BCUT2D eigenvalue weighted by Crippen LogP contribution is 2.40. The van der Waals surface area contributed by atoms with Crippen LogP contribution in [-0.2, 0) is 10.8 Å². The Bertz CT molecular complexity index is 1050. The van der Waals surface area contributed by atoms with Crippen LogP contribution in [0, 0.1) is 0 Å². The minimum atomic E-state index is -1.88. The maximum atomic E-state index is 13.0.